The minimum absolute atomic E-state index is 0.446. The number of nitrogens with zero attached hydrogens (tertiary/aromatic N) is 1. The first kappa shape index (κ1) is 11.7. The second-order valence-corrected chi connectivity index (χ2v) is 5.79. The fraction of sp³-hybridized carbons (Fsp3) is 0.357. The predicted octanol–water partition coefficient (Wildman–Crippen LogP) is 3.05. The molecule has 18 heavy (non-hydrogen) atoms. The molecule has 3 N–H and O–H groups in total. The number of hydrazine groups is 1. The minimum atomic E-state index is 0.446. The van der Waals surface area contributed by atoms with Gasteiger partial charge in [0.25, 0.3) is 0 Å². The van der Waals surface area contributed by atoms with Crippen LogP contribution in [0.25, 0.3) is 10.1 Å². The third kappa shape index (κ3) is 2.26. The van der Waals surface area contributed by atoms with Crippen molar-refractivity contribution in [3.63, 3.8) is 0 Å². The van der Waals surface area contributed by atoms with E-state index in [0.717, 1.165) is 10.7 Å². The zero-order chi connectivity index (χ0) is 12.4. The third-order valence-electron chi connectivity index (χ3n) is 3.43. The SMILES string of the molecule is NNC(=NC1CCCC1)c1cc2ccccc2s1. The highest BCUT2D eigenvalue weighted by Gasteiger charge is 2.16. The smallest absolute Gasteiger partial charge is 0.153 e. The first-order chi connectivity index (χ1) is 8.86. The molecule has 0 radical (unpaired) electrons. The van der Waals surface area contributed by atoms with Crippen LogP contribution < -0.4 is 11.3 Å². The lowest BCUT2D eigenvalue weighted by atomic mass is 10.2. The van der Waals surface area contributed by atoms with E-state index in [1.807, 2.05) is 0 Å². The molecule has 0 saturated heterocycles. The van der Waals surface area contributed by atoms with Gasteiger partial charge in [0.1, 0.15) is 0 Å². The van der Waals surface area contributed by atoms with Crippen LogP contribution in [-0.2, 0) is 0 Å². The Morgan fingerprint density at radius 2 is 2.06 bits per heavy atom. The Morgan fingerprint density at radius 3 is 2.78 bits per heavy atom. The summed E-state index contributed by atoms with van der Waals surface area (Å²) < 4.78 is 1.28. The molecular formula is C14H17N3S. The van der Waals surface area contributed by atoms with Gasteiger partial charge in [0.2, 0.25) is 0 Å². The molecule has 1 heterocycles. The van der Waals surface area contributed by atoms with E-state index in [-0.39, 0.29) is 0 Å². The quantitative estimate of drug-likeness (QED) is 0.377. The van der Waals surface area contributed by atoms with Crippen LogP contribution in [0.15, 0.2) is 35.3 Å². The van der Waals surface area contributed by atoms with Crippen LogP contribution in [0, 0.1) is 0 Å². The van der Waals surface area contributed by atoms with Gasteiger partial charge in [-0.25, -0.2) is 5.84 Å². The fourth-order valence-electron chi connectivity index (χ4n) is 2.49. The molecule has 1 fully saturated rings. The van der Waals surface area contributed by atoms with E-state index in [2.05, 4.69) is 35.8 Å². The molecule has 1 aromatic heterocycles. The molecular weight excluding hydrogens is 242 g/mol. The summed E-state index contributed by atoms with van der Waals surface area (Å²) in [4.78, 5) is 5.88. The highest BCUT2D eigenvalue weighted by Crippen LogP contribution is 2.27. The number of thiophene rings is 1. The number of hydrogen-bond acceptors (Lipinski definition) is 3. The van der Waals surface area contributed by atoms with E-state index in [1.165, 1.54) is 35.8 Å². The van der Waals surface area contributed by atoms with Gasteiger partial charge in [-0.2, -0.15) is 0 Å². The monoisotopic (exact) mass is 259 g/mol. The highest BCUT2D eigenvalue weighted by molar-refractivity contribution is 7.20. The van der Waals surface area contributed by atoms with Gasteiger partial charge in [0.05, 0.1) is 10.9 Å². The molecule has 1 aliphatic carbocycles. The molecule has 1 aliphatic rings. The van der Waals surface area contributed by atoms with Crippen molar-refractivity contribution in [2.24, 2.45) is 10.8 Å². The van der Waals surface area contributed by atoms with Gasteiger partial charge in [-0.15, -0.1) is 11.3 Å². The lowest BCUT2D eigenvalue weighted by molar-refractivity contribution is 0.701. The predicted molar refractivity (Wildman–Crippen MR) is 77.9 cm³/mol. The maximum absolute atomic E-state index is 5.63. The van der Waals surface area contributed by atoms with Gasteiger partial charge < -0.3 is 5.43 Å². The second kappa shape index (κ2) is 5.08. The van der Waals surface area contributed by atoms with Crippen molar-refractivity contribution in [3.8, 4) is 0 Å². The molecule has 94 valence electrons. The summed E-state index contributed by atoms with van der Waals surface area (Å²) in [5.41, 5.74) is 2.77. The molecule has 0 bridgehead atoms. The van der Waals surface area contributed by atoms with Gasteiger partial charge in [-0.1, -0.05) is 31.0 Å². The van der Waals surface area contributed by atoms with Crippen molar-refractivity contribution >= 4 is 27.3 Å². The molecule has 0 aliphatic heterocycles. The first-order valence-corrected chi connectivity index (χ1v) is 7.22. The summed E-state index contributed by atoms with van der Waals surface area (Å²) >= 11 is 1.74. The van der Waals surface area contributed by atoms with Crippen molar-refractivity contribution in [1.82, 2.24) is 5.43 Å². The number of fused-ring (bicyclic) bond motifs is 1. The van der Waals surface area contributed by atoms with E-state index >= 15 is 0 Å². The number of nitrogens with two attached hydrogens (primary N) is 1. The summed E-state index contributed by atoms with van der Waals surface area (Å²) in [5.74, 6) is 6.47. The van der Waals surface area contributed by atoms with Crippen molar-refractivity contribution in [3.05, 3.63) is 35.2 Å². The Hall–Kier alpha value is -1.39. The number of hydrogen-bond donors (Lipinski definition) is 2. The van der Waals surface area contributed by atoms with Gasteiger partial charge in [0, 0.05) is 4.70 Å². The second-order valence-electron chi connectivity index (χ2n) is 4.71. The van der Waals surface area contributed by atoms with Crippen molar-refractivity contribution < 1.29 is 0 Å². The molecule has 3 rings (SSSR count). The molecule has 0 atom stereocenters. The number of rotatable bonds is 2. The van der Waals surface area contributed by atoms with Crippen molar-refractivity contribution in [1.29, 1.82) is 0 Å². The van der Waals surface area contributed by atoms with Crippen LogP contribution in [0.3, 0.4) is 0 Å². The summed E-state index contributed by atoms with van der Waals surface area (Å²) in [6.45, 7) is 0. The molecule has 1 aromatic carbocycles. The Bertz CT molecular complexity index is 534. The zero-order valence-electron chi connectivity index (χ0n) is 10.2. The maximum Gasteiger partial charge on any atom is 0.153 e. The summed E-state index contributed by atoms with van der Waals surface area (Å²) in [7, 11) is 0. The number of benzene rings is 1. The Kier molecular flexibility index (Phi) is 3.30. The van der Waals surface area contributed by atoms with Gasteiger partial charge in [-0.05, 0) is 30.4 Å². The van der Waals surface area contributed by atoms with Crippen LogP contribution in [0.1, 0.15) is 30.6 Å². The number of amidine groups is 1. The maximum atomic E-state index is 5.63. The van der Waals surface area contributed by atoms with Crippen LogP contribution in [0.2, 0.25) is 0 Å². The summed E-state index contributed by atoms with van der Waals surface area (Å²) in [5, 5.41) is 1.26. The Labute approximate surface area is 111 Å². The van der Waals surface area contributed by atoms with E-state index in [1.54, 1.807) is 11.3 Å². The van der Waals surface area contributed by atoms with Crippen LogP contribution in [-0.4, -0.2) is 11.9 Å². The average molecular weight is 259 g/mol. The van der Waals surface area contributed by atoms with Crippen LogP contribution in [0.5, 0.6) is 0 Å². The lowest BCUT2D eigenvalue weighted by Gasteiger charge is -2.07. The van der Waals surface area contributed by atoms with Crippen molar-refractivity contribution in [2.75, 3.05) is 0 Å². The van der Waals surface area contributed by atoms with E-state index in [0.29, 0.717) is 6.04 Å². The van der Waals surface area contributed by atoms with Gasteiger partial charge >= 0.3 is 0 Å². The Morgan fingerprint density at radius 1 is 1.28 bits per heavy atom. The largest absolute Gasteiger partial charge is 0.308 e. The molecule has 2 aromatic rings. The minimum Gasteiger partial charge on any atom is -0.308 e. The fourth-order valence-corrected chi connectivity index (χ4v) is 3.51. The normalized spacial score (nSPS) is 17.5. The van der Waals surface area contributed by atoms with Crippen molar-refractivity contribution in [2.45, 2.75) is 31.7 Å². The average Bonchev–Trinajstić information content (AvgIpc) is 3.04. The molecule has 4 heteroatoms. The lowest BCUT2D eigenvalue weighted by Crippen LogP contribution is -2.31. The third-order valence-corrected chi connectivity index (χ3v) is 4.55. The topological polar surface area (TPSA) is 50.4 Å². The van der Waals surface area contributed by atoms with E-state index in [9.17, 15) is 0 Å². The molecule has 1 saturated carbocycles. The van der Waals surface area contributed by atoms with E-state index in [4.69, 9.17) is 10.8 Å². The zero-order valence-corrected chi connectivity index (χ0v) is 11.0. The number of aliphatic imine (C=N–C) groups is 1. The highest BCUT2D eigenvalue weighted by atomic mass is 32.1. The summed E-state index contributed by atoms with van der Waals surface area (Å²) in [6.07, 6.45) is 4.96. The molecule has 0 amide bonds. The number of nitrogens with one attached hydrogen (secondary N) is 1. The Balaban J connectivity index is 1.94. The summed E-state index contributed by atoms with van der Waals surface area (Å²) in [6, 6.07) is 11.0. The van der Waals surface area contributed by atoms with Crippen LogP contribution >= 0.6 is 11.3 Å². The van der Waals surface area contributed by atoms with Gasteiger partial charge in [-0.3, -0.25) is 4.99 Å². The standard InChI is InChI=1S/C14H17N3S/c15-17-14(16-11-6-2-3-7-11)13-9-10-5-1-4-8-12(10)18-13/h1,4-5,8-9,11H,2-3,6-7,15H2,(H,16,17). The first-order valence-electron chi connectivity index (χ1n) is 6.40. The molecule has 0 unspecified atom stereocenters. The molecule has 3 nitrogen and oxygen atoms in total. The van der Waals surface area contributed by atoms with E-state index < -0.39 is 0 Å². The van der Waals surface area contributed by atoms with Gasteiger partial charge in [0.15, 0.2) is 5.84 Å². The molecule has 0 spiro atoms. The van der Waals surface area contributed by atoms with Crippen LogP contribution in [0.4, 0.5) is 0 Å².